The number of carbonyl (C=O) groups excluding carboxylic acids is 2. The molecule has 1 N–H and O–H groups in total. The molecule has 0 spiro atoms. The average molecular weight is 311 g/mol. The van der Waals surface area contributed by atoms with E-state index in [-0.39, 0.29) is 17.7 Å². The van der Waals surface area contributed by atoms with Gasteiger partial charge in [-0.05, 0) is 55.9 Å². The van der Waals surface area contributed by atoms with Gasteiger partial charge in [0, 0.05) is 25.2 Å². The molecule has 2 amide bonds. The molecular formula is C18H21N3O2. The van der Waals surface area contributed by atoms with E-state index in [1.807, 2.05) is 6.07 Å². The summed E-state index contributed by atoms with van der Waals surface area (Å²) in [6, 6.07) is 8.70. The molecular weight excluding hydrogens is 290 g/mol. The summed E-state index contributed by atoms with van der Waals surface area (Å²) in [5, 5.41) is 11.8. The predicted molar refractivity (Wildman–Crippen MR) is 85.5 cm³/mol. The van der Waals surface area contributed by atoms with Gasteiger partial charge in [0.05, 0.1) is 17.6 Å². The van der Waals surface area contributed by atoms with Crippen molar-refractivity contribution in [3.63, 3.8) is 0 Å². The molecule has 5 heteroatoms. The molecule has 120 valence electrons. The lowest BCUT2D eigenvalue weighted by Gasteiger charge is -2.32. The van der Waals surface area contributed by atoms with E-state index >= 15 is 0 Å². The number of carbonyl (C=O) groups is 2. The Bertz CT molecular complexity index is 629. The highest BCUT2D eigenvalue weighted by Crippen LogP contribution is 2.28. The third-order valence-corrected chi connectivity index (χ3v) is 4.60. The standard InChI is InChI=1S/C18H21N3O2/c19-10-13-5-7-15(8-6-13)18(23)21-9-1-2-16(12-21)17(22)20-11-14-3-4-14/h5-8,14,16H,1-4,9,11-12H2,(H,20,22)/t16-/m0/s1. The smallest absolute Gasteiger partial charge is 0.253 e. The van der Waals surface area contributed by atoms with Crippen LogP contribution in [-0.2, 0) is 4.79 Å². The average Bonchev–Trinajstić information content (AvgIpc) is 3.43. The van der Waals surface area contributed by atoms with Gasteiger partial charge < -0.3 is 10.2 Å². The Morgan fingerprint density at radius 2 is 1.96 bits per heavy atom. The zero-order chi connectivity index (χ0) is 16.2. The van der Waals surface area contributed by atoms with E-state index in [4.69, 9.17) is 5.26 Å². The highest BCUT2D eigenvalue weighted by atomic mass is 16.2. The van der Waals surface area contributed by atoms with Crippen LogP contribution in [0.15, 0.2) is 24.3 Å². The van der Waals surface area contributed by atoms with Crippen LogP contribution >= 0.6 is 0 Å². The minimum atomic E-state index is -0.107. The van der Waals surface area contributed by atoms with Gasteiger partial charge in [-0.15, -0.1) is 0 Å². The zero-order valence-electron chi connectivity index (χ0n) is 13.1. The SMILES string of the molecule is N#Cc1ccc(C(=O)N2CCC[C@H](C(=O)NCC3CC3)C2)cc1. The number of hydrogen-bond acceptors (Lipinski definition) is 3. The van der Waals surface area contributed by atoms with Crippen molar-refractivity contribution in [2.24, 2.45) is 11.8 Å². The van der Waals surface area contributed by atoms with Crippen molar-refractivity contribution in [1.29, 1.82) is 5.26 Å². The van der Waals surface area contributed by atoms with Crippen molar-refractivity contribution in [2.45, 2.75) is 25.7 Å². The van der Waals surface area contributed by atoms with Crippen LogP contribution in [0.5, 0.6) is 0 Å². The Morgan fingerprint density at radius 3 is 2.61 bits per heavy atom. The molecule has 0 aromatic heterocycles. The fraction of sp³-hybridized carbons (Fsp3) is 0.500. The Morgan fingerprint density at radius 1 is 1.22 bits per heavy atom. The van der Waals surface area contributed by atoms with E-state index in [0.29, 0.717) is 30.1 Å². The number of hydrogen-bond donors (Lipinski definition) is 1. The summed E-state index contributed by atoms with van der Waals surface area (Å²) in [6.07, 6.45) is 4.12. The third-order valence-electron chi connectivity index (χ3n) is 4.60. The molecule has 2 fully saturated rings. The number of likely N-dealkylation sites (tertiary alicyclic amines) is 1. The molecule has 0 unspecified atom stereocenters. The minimum Gasteiger partial charge on any atom is -0.356 e. The van der Waals surface area contributed by atoms with Crippen molar-refractivity contribution in [1.82, 2.24) is 10.2 Å². The summed E-state index contributed by atoms with van der Waals surface area (Å²) in [7, 11) is 0. The summed E-state index contributed by atoms with van der Waals surface area (Å²) in [6.45, 7) is 1.94. The van der Waals surface area contributed by atoms with E-state index in [1.165, 1.54) is 12.8 Å². The second-order valence-corrected chi connectivity index (χ2v) is 6.47. The summed E-state index contributed by atoms with van der Waals surface area (Å²) in [5.74, 6) is 0.576. The van der Waals surface area contributed by atoms with Crippen LogP contribution in [0, 0.1) is 23.2 Å². The van der Waals surface area contributed by atoms with Gasteiger partial charge in [-0.25, -0.2) is 0 Å². The zero-order valence-corrected chi connectivity index (χ0v) is 13.1. The van der Waals surface area contributed by atoms with E-state index < -0.39 is 0 Å². The van der Waals surface area contributed by atoms with Crippen LogP contribution in [0.1, 0.15) is 41.6 Å². The topological polar surface area (TPSA) is 73.2 Å². The predicted octanol–water partition coefficient (Wildman–Crippen LogP) is 1.94. The number of piperidine rings is 1. The molecule has 1 aliphatic carbocycles. The highest BCUT2D eigenvalue weighted by Gasteiger charge is 2.30. The van der Waals surface area contributed by atoms with Gasteiger partial charge in [0.2, 0.25) is 5.91 Å². The Hall–Kier alpha value is -2.35. The molecule has 0 radical (unpaired) electrons. The van der Waals surface area contributed by atoms with Crippen molar-refractivity contribution >= 4 is 11.8 Å². The summed E-state index contributed by atoms with van der Waals surface area (Å²) >= 11 is 0. The monoisotopic (exact) mass is 311 g/mol. The highest BCUT2D eigenvalue weighted by molar-refractivity contribution is 5.94. The Labute approximate surface area is 136 Å². The normalized spacial score (nSPS) is 20.7. The van der Waals surface area contributed by atoms with Gasteiger partial charge in [0.25, 0.3) is 5.91 Å². The number of nitrogens with one attached hydrogen (secondary N) is 1. The van der Waals surface area contributed by atoms with Gasteiger partial charge in [0.15, 0.2) is 0 Å². The number of nitrogens with zero attached hydrogens (tertiary/aromatic N) is 2. The molecule has 1 aromatic rings. The molecule has 1 saturated carbocycles. The van der Waals surface area contributed by atoms with Gasteiger partial charge in [0.1, 0.15) is 0 Å². The van der Waals surface area contributed by atoms with E-state index in [2.05, 4.69) is 5.32 Å². The maximum atomic E-state index is 12.6. The Balaban J connectivity index is 1.59. The quantitative estimate of drug-likeness (QED) is 0.923. The number of nitriles is 1. The largest absolute Gasteiger partial charge is 0.356 e. The lowest BCUT2D eigenvalue weighted by Crippen LogP contribution is -2.45. The van der Waals surface area contributed by atoms with Crippen LogP contribution in [-0.4, -0.2) is 36.3 Å². The van der Waals surface area contributed by atoms with Crippen molar-refractivity contribution in [3.8, 4) is 6.07 Å². The lowest BCUT2D eigenvalue weighted by atomic mass is 9.96. The van der Waals surface area contributed by atoms with Crippen LogP contribution in [0.4, 0.5) is 0 Å². The van der Waals surface area contributed by atoms with E-state index in [9.17, 15) is 9.59 Å². The first-order valence-corrected chi connectivity index (χ1v) is 8.24. The molecule has 0 bridgehead atoms. The van der Waals surface area contributed by atoms with Crippen molar-refractivity contribution in [2.75, 3.05) is 19.6 Å². The minimum absolute atomic E-state index is 0.0609. The van der Waals surface area contributed by atoms with Gasteiger partial charge in [-0.3, -0.25) is 9.59 Å². The molecule has 2 aliphatic rings. The van der Waals surface area contributed by atoms with Crippen LogP contribution < -0.4 is 5.32 Å². The molecule has 1 aromatic carbocycles. The molecule has 1 saturated heterocycles. The van der Waals surface area contributed by atoms with Crippen LogP contribution in [0.25, 0.3) is 0 Å². The number of benzene rings is 1. The van der Waals surface area contributed by atoms with Crippen LogP contribution in [0.2, 0.25) is 0 Å². The van der Waals surface area contributed by atoms with Crippen molar-refractivity contribution < 1.29 is 9.59 Å². The van der Waals surface area contributed by atoms with Crippen LogP contribution in [0.3, 0.4) is 0 Å². The van der Waals surface area contributed by atoms with E-state index in [1.54, 1.807) is 29.2 Å². The maximum Gasteiger partial charge on any atom is 0.253 e. The summed E-state index contributed by atoms with van der Waals surface area (Å²) < 4.78 is 0. The summed E-state index contributed by atoms with van der Waals surface area (Å²) in [4.78, 5) is 26.5. The fourth-order valence-corrected chi connectivity index (χ4v) is 2.96. The number of rotatable bonds is 4. The molecule has 3 rings (SSSR count). The van der Waals surface area contributed by atoms with E-state index in [0.717, 1.165) is 19.4 Å². The second kappa shape index (κ2) is 6.82. The first-order chi connectivity index (χ1) is 11.2. The second-order valence-electron chi connectivity index (χ2n) is 6.47. The van der Waals surface area contributed by atoms with Crippen molar-refractivity contribution in [3.05, 3.63) is 35.4 Å². The first-order valence-electron chi connectivity index (χ1n) is 8.24. The lowest BCUT2D eigenvalue weighted by molar-refractivity contribution is -0.126. The molecule has 23 heavy (non-hydrogen) atoms. The molecule has 1 heterocycles. The molecule has 1 aliphatic heterocycles. The fourth-order valence-electron chi connectivity index (χ4n) is 2.96. The third kappa shape index (κ3) is 3.89. The van der Waals surface area contributed by atoms with Gasteiger partial charge in [-0.2, -0.15) is 5.26 Å². The number of amides is 2. The Kier molecular flexibility index (Phi) is 4.61. The summed E-state index contributed by atoms with van der Waals surface area (Å²) in [5.41, 5.74) is 1.11. The van der Waals surface area contributed by atoms with Gasteiger partial charge in [-0.1, -0.05) is 0 Å². The van der Waals surface area contributed by atoms with Gasteiger partial charge >= 0.3 is 0 Å². The maximum absolute atomic E-state index is 12.6. The molecule has 1 atom stereocenters. The first kappa shape index (κ1) is 15.5. The molecule has 5 nitrogen and oxygen atoms in total.